The summed E-state index contributed by atoms with van der Waals surface area (Å²) in [5.74, 6) is -0.618. The molecule has 0 aromatic heterocycles. The predicted molar refractivity (Wildman–Crippen MR) is 79.6 cm³/mol. The van der Waals surface area contributed by atoms with E-state index in [1.807, 2.05) is 6.07 Å². The molecule has 0 aliphatic heterocycles. The van der Waals surface area contributed by atoms with Gasteiger partial charge in [-0.15, -0.1) is 0 Å². The number of rotatable bonds is 4. The number of carbonyl (C=O) groups is 1. The second-order valence-corrected chi connectivity index (χ2v) is 4.97. The maximum Gasteiger partial charge on any atom is 0.258 e. The predicted octanol–water partition coefficient (Wildman–Crippen LogP) is 3.74. The van der Waals surface area contributed by atoms with E-state index in [-0.39, 0.29) is 12.2 Å². The maximum atomic E-state index is 13.6. The number of nitrogens with one attached hydrogen (secondary N) is 1. The van der Waals surface area contributed by atoms with Crippen molar-refractivity contribution < 1.29 is 13.9 Å². The van der Waals surface area contributed by atoms with Gasteiger partial charge in [-0.3, -0.25) is 4.79 Å². The van der Waals surface area contributed by atoms with Gasteiger partial charge in [0.25, 0.3) is 5.91 Å². The zero-order valence-corrected chi connectivity index (χ0v) is 12.4. The highest BCUT2D eigenvalue weighted by Crippen LogP contribution is 2.19. The van der Waals surface area contributed by atoms with E-state index in [1.54, 1.807) is 24.3 Å². The summed E-state index contributed by atoms with van der Waals surface area (Å²) in [7, 11) is 0. The summed E-state index contributed by atoms with van der Waals surface area (Å²) in [6.45, 7) is -0.0467. The van der Waals surface area contributed by atoms with Gasteiger partial charge >= 0.3 is 0 Å². The minimum atomic E-state index is -0.593. The van der Waals surface area contributed by atoms with Crippen LogP contribution in [0.4, 0.5) is 10.1 Å². The van der Waals surface area contributed by atoms with E-state index in [0.717, 1.165) is 0 Å². The lowest BCUT2D eigenvalue weighted by Crippen LogP contribution is -2.13. The van der Waals surface area contributed by atoms with E-state index in [9.17, 15) is 9.18 Å². The van der Waals surface area contributed by atoms with Crippen molar-refractivity contribution in [1.29, 1.82) is 5.26 Å². The molecule has 6 heteroatoms. The van der Waals surface area contributed by atoms with Crippen molar-refractivity contribution >= 4 is 27.5 Å². The fourth-order valence-electron chi connectivity index (χ4n) is 1.62. The molecule has 0 heterocycles. The smallest absolute Gasteiger partial charge is 0.258 e. The summed E-state index contributed by atoms with van der Waals surface area (Å²) in [5.41, 5.74) is 0.456. The van der Waals surface area contributed by atoms with Gasteiger partial charge in [0.05, 0.1) is 5.56 Å². The molecule has 0 spiro atoms. The van der Waals surface area contributed by atoms with Crippen LogP contribution in [0, 0.1) is 17.1 Å². The number of amides is 1. The van der Waals surface area contributed by atoms with E-state index < -0.39 is 11.7 Å². The maximum absolute atomic E-state index is 13.6. The number of benzene rings is 2. The van der Waals surface area contributed by atoms with Crippen LogP contribution in [0.15, 0.2) is 46.9 Å². The SMILES string of the molecule is N#CCOc1ccc(NC(=O)c2cc(Br)ccc2F)cc1. The Morgan fingerprint density at radius 3 is 2.67 bits per heavy atom. The second-order valence-electron chi connectivity index (χ2n) is 4.05. The minimum Gasteiger partial charge on any atom is -0.479 e. The van der Waals surface area contributed by atoms with E-state index >= 15 is 0 Å². The number of halogens is 2. The van der Waals surface area contributed by atoms with Gasteiger partial charge in [-0.1, -0.05) is 15.9 Å². The van der Waals surface area contributed by atoms with E-state index in [0.29, 0.717) is 15.9 Å². The van der Waals surface area contributed by atoms with Crippen molar-refractivity contribution in [1.82, 2.24) is 0 Å². The molecule has 0 saturated carbocycles. The average molecular weight is 349 g/mol. The first-order chi connectivity index (χ1) is 10.1. The van der Waals surface area contributed by atoms with E-state index in [4.69, 9.17) is 10.00 Å². The van der Waals surface area contributed by atoms with Crippen LogP contribution in [0.25, 0.3) is 0 Å². The highest BCUT2D eigenvalue weighted by atomic mass is 79.9. The van der Waals surface area contributed by atoms with Gasteiger partial charge in [-0.05, 0) is 42.5 Å². The minimum absolute atomic E-state index is 0.0467. The quantitative estimate of drug-likeness (QED) is 0.915. The lowest BCUT2D eigenvalue weighted by Gasteiger charge is -2.07. The molecular weight excluding hydrogens is 339 g/mol. The topological polar surface area (TPSA) is 62.1 Å². The molecular formula is C15H10BrFN2O2. The molecule has 0 unspecified atom stereocenters. The lowest BCUT2D eigenvalue weighted by molar-refractivity contribution is 0.102. The Labute approximate surface area is 129 Å². The molecule has 0 fully saturated rings. The van der Waals surface area contributed by atoms with Crippen LogP contribution in [0.2, 0.25) is 0 Å². The molecule has 0 radical (unpaired) electrons. The first kappa shape index (κ1) is 15.0. The molecule has 0 aliphatic rings. The normalized spacial score (nSPS) is 9.76. The van der Waals surface area contributed by atoms with Gasteiger partial charge in [-0.25, -0.2) is 4.39 Å². The Morgan fingerprint density at radius 2 is 2.00 bits per heavy atom. The number of hydrogen-bond donors (Lipinski definition) is 1. The molecule has 2 rings (SSSR count). The van der Waals surface area contributed by atoms with Crippen LogP contribution in [0.5, 0.6) is 5.75 Å². The highest BCUT2D eigenvalue weighted by Gasteiger charge is 2.12. The summed E-state index contributed by atoms with van der Waals surface area (Å²) in [5, 5.41) is 11.0. The van der Waals surface area contributed by atoms with Gasteiger partial charge in [0, 0.05) is 10.2 Å². The Balaban J connectivity index is 2.09. The van der Waals surface area contributed by atoms with Gasteiger partial charge in [0.2, 0.25) is 0 Å². The molecule has 0 aliphatic carbocycles. The summed E-state index contributed by atoms with van der Waals surface area (Å²) in [6.07, 6.45) is 0. The largest absolute Gasteiger partial charge is 0.479 e. The molecule has 2 aromatic rings. The Bertz CT molecular complexity index is 696. The molecule has 0 saturated heterocycles. The van der Waals surface area contributed by atoms with Crippen LogP contribution in [-0.4, -0.2) is 12.5 Å². The second kappa shape index (κ2) is 6.86. The van der Waals surface area contributed by atoms with Crippen molar-refractivity contribution in [3.63, 3.8) is 0 Å². The summed E-state index contributed by atoms with van der Waals surface area (Å²) in [6, 6.07) is 12.5. The summed E-state index contributed by atoms with van der Waals surface area (Å²) in [4.78, 5) is 12.0. The van der Waals surface area contributed by atoms with Crippen LogP contribution >= 0.6 is 15.9 Å². The van der Waals surface area contributed by atoms with Gasteiger partial charge in [0.15, 0.2) is 6.61 Å². The Kier molecular flexibility index (Phi) is 4.90. The fourth-order valence-corrected chi connectivity index (χ4v) is 1.98. The highest BCUT2D eigenvalue weighted by molar-refractivity contribution is 9.10. The third-order valence-electron chi connectivity index (χ3n) is 2.59. The lowest BCUT2D eigenvalue weighted by atomic mass is 10.2. The molecule has 0 bridgehead atoms. The number of nitriles is 1. The molecule has 21 heavy (non-hydrogen) atoms. The number of hydrogen-bond acceptors (Lipinski definition) is 3. The summed E-state index contributed by atoms with van der Waals surface area (Å²) < 4.78 is 19.3. The van der Waals surface area contributed by atoms with Crippen LogP contribution in [-0.2, 0) is 0 Å². The van der Waals surface area contributed by atoms with Crippen molar-refractivity contribution in [2.45, 2.75) is 0 Å². The van der Waals surface area contributed by atoms with Crippen LogP contribution < -0.4 is 10.1 Å². The van der Waals surface area contributed by atoms with Crippen LogP contribution in [0.1, 0.15) is 10.4 Å². The Hall–Kier alpha value is -2.39. The van der Waals surface area contributed by atoms with Crippen LogP contribution in [0.3, 0.4) is 0 Å². The average Bonchev–Trinajstić information content (AvgIpc) is 2.49. The monoisotopic (exact) mass is 348 g/mol. The zero-order valence-electron chi connectivity index (χ0n) is 10.8. The number of anilines is 1. The molecule has 1 amide bonds. The van der Waals surface area contributed by atoms with Crippen molar-refractivity contribution in [2.24, 2.45) is 0 Å². The third-order valence-corrected chi connectivity index (χ3v) is 3.08. The summed E-state index contributed by atoms with van der Waals surface area (Å²) >= 11 is 3.19. The molecule has 0 atom stereocenters. The fraction of sp³-hybridized carbons (Fsp3) is 0.0667. The van der Waals surface area contributed by atoms with Gasteiger partial charge in [0.1, 0.15) is 17.6 Å². The van der Waals surface area contributed by atoms with Crippen molar-refractivity contribution in [3.8, 4) is 11.8 Å². The molecule has 4 nitrogen and oxygen atoms in total. The first-order valence-corrected chi connectivity index (χ1v) is 6.75. The zero-order chi connectivity index (χ0) is 15.2. The van der Waals surface area contributed by atoms with Crippen molar-refractivity contribution in [3.05, 3.63) is 58.3 Å². The standard InChI is InChI=1S/C15H10BrFN2O2/c16-10-1-6-14(17)13(9-10)15(20)19-11-2-4-12(5-3-11)21-8-7-18/h1-6,9H,8H2,(H,19,20). The number of ether oxygens (including phenoxy) is 1. The first-order valence-electron chi connectivity index (χ1n) is 5.96. The van der Waals surface area contributed by atoms with E-state index in [1.165, 1.54) is 18.2 Å². The van der Waals surface area contributed by atoms with E-state index in [2.05, 4.69) is 21.2 Å². The number of nitrogens with zero attached hydrogens (tertiary/aromatic N) is 1. The molecule has 1 N–H and O–H groups in total. The Morgan fingerprint density at radius 1 is 1.29 bits per heavy atom. The van der Waals surface area contributed by atoms with Crippen molar-refractivity contribution in [2.75, 3.05) is 11.9 Å². The van der Waals surface area contributed by atoms with Gasteiger partial charge < -0.3 is 10.1 Å². The van der Waals surface area contributed by atoms with Gasteiger partial charge in [-0.2, -0.15) is 5.26 Å². The third kappa shape index (κ3) is 4.04. The molecule has 106 valence electrons. The number of carbonyl (C=O) groups excluding carboxylic acids is 1. The molecule has 2 aromatic carbocycles.